The molecule has 0 radical (unpaired) electrons. The summed E-state index contributed by atoms with van der Waals surface area (Å²) in [7, 11) is 0. The number of hydrogen-bond donors (Lipinski definition) is 2. The summed E-state index contributed by atoms with van der Waals surface area (Å²) in [6.45, 7) is 3.78. The number of benzene rings is 1. The van der Waals surface area contributed by atoms with Crippen LogP contribution in [0, 0.1) is 12.8 Å². The Balaban J connectivity index is 1.66. The van der Waals surface area contributed by atoms with Crippen molar-refractivity contribution in [2.24, 2.45) is 10.9 Å². The first kappa shape index (κ1) is 16.9. The Hall–Kier alpha value is -1.91. The molecule has 5 heteroatoms. The van der Waals surface area contributed by atoms with Gasteiger partial charge in [0.05, 0.1) is 0 Å². The zero-order valence-corrected chi connectivity index (χ0v) is 14.6. The molecule has 0 fully saturated rings. The molecule has 0 aromatic heterocycles. The van der Waals surface area contributed by atoms with Gasteiger partial charge in [0.1, 0.15) is 0 Å². The van der Waals surface area contributed by atoms with Crippen LogP contribution in [0.3, 0.4) is 0 Å². The van der Waals surface area contributed by atoms with E-state index in [1.807, 2.05) is 31.3 Å². The molecule has 1 aromatic carbocycles. The molecule has 0 saturated carbocycles. The van der Waals surface area contributed by atoms with E-state index >= 15 is 0 Å². The van der Waals surface area contributed by atoms with Crippen molar-refractivity contribution in [3.8, 4) is 0 Å². The summed E-state index contributed by atoms with van der Waals surface area (Å²) in [5.41, 5.74) is 4.08. The van der Waals surface area contributed by atoms with Crippen LogP contribution in [0.5, 0.6) is 0 Å². The average molecular weight is 344 g/mol. The number of carbonyl (C=O) groups excluding carboxylic acids is 1. The Bertz CT molecular complexity index is 721. The monoisotopic (exact) mass is 343 g/mol. The zero-order chi connectivity index (χ0) is 16.9. The van der Waals surface area contributed by atoms with E-state index < -0.39 is 0 Å². The van der Waals surface area contributed by atoms with Crippen LogP contribution in [0.25, 0.3) is 0 Å². The maximum absolute atomic E-state index is 12.4. The number of halogens is 1. The van der Waals surface area contributed by atoms with Gasteiger partial charge < -0.3 is 10.6 Å². The Labute approximate surface area is 147 Å². The second-order valence-electron chi connectivity index (χ2n) is 6.23. The third-order valence-electron chi connectivity index (χ3n) is 4.41. The molecule has 1 atom stereocenters. The van der Waals surface area contributed by atoms with Crippen LogP contribution in [0.4, 0.5) is 5.69 Å². The standard InChI is InChI=1S/C19H22ClN3O/c1-13-4-5-16(12-17(13)20)23-18(24)11-15-3-2-8-22-19(15)14-6-9-21-10-7-14/h2,4-6,8,12,15,21H,3,7,9-11H2,1H3,(H,23,24)/t15-/m1/s1. The fourth-order valence-electron chi connectivity index (χ4n) is 3.06. The predicted molar refractivity (Wildman–Crippen MR) is 99.7 cm³/mol. The number of rotatable bonds is 4. The Kier molecular flexibility index (Phi) is 5.48. The largest absolute Gasteiger partial charge is 0.326 e. The van der Waals surface area contributed by atoms with E-state index in [1.54, 1.807) is 6.07 Å². The molecule has 1 amide bonds. The van der Waals surface area contributed by atoms with Crippen LogP contribution < -0.4 is 10.6 Å². The summed E-state index contributed by atoms with van der Waals surface area (Å²) in [6, 6.07) is 5.58. The Morgan fingerprint density at radius 3 is 3.08 bits per heavy atom. The van der Waals surface area contributed by atoms with E-state index in [-0.39, 0.29) is 11.8 Å². The van der Waals surface area contributed by atoms with Crippen LogP contribution in [0.2, 0.25) is 5.02 Å². The van der Waals surface area contributed by atoms with Gasteiger partial charge in [0.25, 0.3) is 0 Å². The lowest BCUT2D eigenvalue weighted by Gasteiger charge is -2.24. The molecule has 3 rings (SSSR count). The van der Waals surface area contributed by atoms with Gasteiger partial charge in [0.15, 0.2) is 0 Å². The van der Waals surface area contributed by atoms with Gasteiger partial charge in [0.2, 0.25) is 5.91 Å². The molecule has 2 N–H and O–H groups in total. The lowest BCUT2D eigenvalue weighted by atomic mass is 9.86. The number of aryl methyl sites for hydroxylation is 1. The Morgan fingerprint density at radius 2 is 2.33 bits per heavy atom. The van der Waals surface area contributed by atoms with Gasteiger partial charge in [-0.05, 0) is 49.6 Å². The van der Waals surface area contributed by atoms with Crippen molar-refractivity contribution in [3.05, 3.63) is 52.7 Å². The Morgan fingerprint density at radius 1 is 1.46 bits per heavy atom. The fraction of sp³-hybridized carbons (Fsp3) is 0.368. The number of aliphatic imine (C=N–C) groups is 1. The van der Waals surface area contributed by atoms with Crippen molar-refractivity contribution < 1.29 is 4.79 Å². The van der Waals surface area contributed by atoms with Gasteiger partial charge in [-0.25, -0.2) is 0 Å². The number of carbonyl (C=O) groups is 1. The topological polar surface area (TPSA) is 53.5 Å². The summed E-state index contributed by atoms with van der Waals surface area (Å²) in [6.07, 6.45) is 8.33. The van der Waals surface area contributed by atoms with Crippen molar-refractivity contribution in [1.29, 1.82) is 0 Å². The average Bonchev–Trinajstić information content (AvgIpc) is 2.59. The smallest absolute Gasteiger partial charge is 0.225 e. The molecule has 4 nitrogen and oxygen atoms in total. The highest BCUT2D eigenvalue weighted by Crippen LogP contribution is 2.25. The van der Waals surface area contributed by atoms with Gasteiger partial charge >= 0.3 is 0 Å². The lowest BCUT2D eigenvalue weighted by molar-refractivity contribution is -0.116. The lowest BCUT2D eigenvalue weighted by Crippen LogP contribution is -2.29. The van der Waals surface area contributed by atoms with Crippen molar-refractivity contribution in [2.45, 2.75) is 26.2 Å². The number of nitrogens with zero attached hydrogens (tertiary/aromatic N) is 1. The van der Waals surface area contributed by atoms with Gasteiger partial charge in [-0.15, -0.1) is 0 Å². The minimum atomic E-state index is -0.00236. The van der Waals surface area contributed by atoms with Gasteiger partial charge in [-0.3, -0.25) is 9.79 Å². The summed E-state index contributed by atoms with van der Waals surface area (Å²) >= 11 is 6.12. The van der Waals surface area contributed by atoms with Gasteiger partial charge in [0, 0.05) is 41.5 Å². The molecule has 0 unspecified atom stereocenters. The molecule has 126 valence electrons. The van der Waals surface area contributed by atoms with E-state index in [9.17, 15) is 4.79 Å². The van der Waals surface area contributed by atoms with Crippen molar-refractivity contribution in [2.75, 3.05) is 18.4 Å². The van der Waals surface area contributed by atoms with Gasteiger partial charge in [-0.1, -0.05) is 29.8 Å². The highest BCUT2D eigenvalue weighted by molar-refractivity contribution is 6.31. The number of amides is 1. The number of anilines is 1. The minimum Gasteiger partial charge on any atom is -0.326 e. The maximum Gasteiger partial charge on any atom is 0.225 e. The van der Waals surface area contributed by atoms with Crippen LogP contribution in [0.15, 0.2) is 47.1 Å². The first-order chi connectivity index (χ1) is 11.6. The minimum absolute atomic E-state index is 0.00236. The van der Waals surface area contributed by atoms with E-state index in [4.69, 9.17) is 11.6 Å². The third kappa shape index (κ3) is 4.13. The molecule has 24 heavy (non-hydrogen) atoms. The number of hydrogen-bond acceptors (Lipinski definition) is 3. The second kappa shape index (κ2) is 7.77. The van der Waals surface area contributed by atoms with Crippen LogP contribution in [-0.2, 0) is 4.79 Å². The maximum atomic E-state index is 12.4. The highest BCUT2D eigenvalue weighted by Gasteiger charge is 2.24. The van der Waals surface area contributed by atoms with E-state index in [0.29, 0.717) is 11.4 Å². The number of allylic oxidation sites excluding steroid dienone is 1. The van der Waals surface area contributed by atoms with Crippen LogP contribution >= 0.6 is 11.6 Å². The molecule has 0 spiro atoms. The SMILES string of the molecule is Cc1ccc(NC(=O)C[C@H]2CC=CN=C2C2=CCNCC2)cc1Cl. The van der Waals surface area contributed by atoms with Crippen LogP contribution in [-0.4, -0.2) is 24.7 Å². The molecule has 2 aliphatic rings. The molecule has 0 aliphatic carbocycles. The fourth-order valence-corrected chi connectivity index (χ4v) is 3.24. The van der Waals surface area contributed by atoms with Crippen molar-refractivity contribution >= 4 is 28.9 Å². The summed E-state index contributed by atoms with van der Waals surface area (Å²) in [5, 5.41) is 6.92. The van der Waals surface area contributed by atoms with Crippen molar-refractivity contribution in [1.82, 2.24) is 5.32 Å². The van der Waals surface area contributed by atoms with Gasteiger partial charge in [-0.2, -0.15) is 0 Å². The summed E-state index contributed by atoms with van der Waals surface area (Å²) in [4.78, 5) is 17.0. The first-order valence-corrected chi connectivity index (χ1v) is 8.70. The third-order valence-corrected chi connectivity index (χ3v) is 4.81. The number of nitrogens with one attached hydrogen (secondary N) is 2. The molecular weight excluding hydrogens is 322 g/mol. The molecule has 2 aliphatic heterocycles. The molecule has 1 aromatic rings. The quantitative estimate of drug-likeness (QED) is 0.871. The second-order valence-corrected chi connectivity index (χ2v) is 6.64. The van der Waals surface area contributed by atoms with Crippen molar-refractivity contribution in [3.63, 3.8) is 0 Å². The van der Waals surface area contributed by atoms with E-state index in [2.05, 4.69) is 21.7 Å². The van der Waals surface area contributed by atoms with E-state index in [1.165, 1.54) is 5.57 Å². The van der Waals surface area contributed by atoms with Crippen LogP contribution in [0.1, 0.15) is 24.8 Å². The highest BCUT2D eigenvalue weighted by atomic mass is 35.5. The summed E-state index contributed by atoms with van der Waals surface area (Å²) < 4.78 is 0. The zero-order valence-electron chi connectivity index (χ0n) is 13.8. The molecule has 0 saturated heterocycles. The summed E-state index contributed by atoms with van der Waals surface area (Å²) in [5.74, 6) is 0.137. The molecule has 2 heterocycles. The molecular formula is C19H22ClN3O. The normalized spacial score (nSPS) is 20.3. The molecule has 0 bridgehead atoms. The first-order valence-electron chi connectivity index (χ1n) is 8.32. The predicted octanol–water partition coefficient (Wildman–Crippen LogP) is 3.87. The van der Waals surface area contributed by atoms with E-state index in [0.717, 1.165) is 42.9 Å².